The second-order valence-electron chi connectivity index (χ2n) is 5.35. The van der Waals surface area contributed by atoms with Crippen LogP contribution < -0.4 is 11.1 Å². The number of hydrogen-bond acceptors (Lipinski definition) is 8. The van der Waals surface area contributed by atoms with Crippen LogP contribution in [-0.2, 0) is 4.74 Å². The van der Waals surface area contributed by atoms with E-state index < -0.39 is 0 Å². The first-order valence-corrected chi connectivity index (χ1v) is 10.6. The Balaban J connectivity index is 1.61. The molecule has 2 aromatic heterocycles. The lowest BCUT2D eigenvalue weighted by Crippen LogP contribution is -2.38. The molecule has 0 saturated carbocycles. The fourth-order valence-electron chi connectivity index (χ4n) is 2.46. The fraction of sp³-hybridized carbons (Fsp3) is 0.467. The lowest BCUT2D eigenvalue weighted by molar-refractivity contribution is 0.0398. The number of hydrogen-bond donors (Lipinski definition) is 3. The molecule has 0 radical (unpaired) electrons. The highest BCUT2D eigenvalue weighted by Crippen LogP contribution is 2.38. The summed E-state index contributed by atoms with van der Waals surface area (Å²) in [4.78, 5) is 7.88. The molecule has 1 aliphatic heterocycles. The number of amidine groups is 1. The summed E-state index contributed by atoms with van der Waals surface area (Å²) in [5.41, 5.74) is 7.62. The Morgan fingerprint density at radius 2 is 2.29 bits per heavy atom. The SMILES string of the molecule is CSc1sc(C(=N)N)cc1-c1csc(NCCN2CCOCC2)n1. The van der Waals surface area contributed by atoms with Crippen molar-refractivity contribution in [3.63, 3.8) is 0 Å². The number of thiophene rings is 1. The molecule has 3 heterocycles. The largest absolute Gasteiger partial charge is 0.383 e. The zero-order valence-corrected chi connectivity index (χ0v) is 16.0. The Kier molecular flexibility index (Phi) is 6.12. The quantitative estimate of drug-likeness (QED) is 0.387. The average molecular weight is 384 g/mol. The maximum atomic E-state index is 7.61. The summed E-state index contributed by atoms with van der Waals surface area (Å²) in [6, 6.07) is 1.96. The number of thiazole rings is 1. The van der Waals surface area contributed by atoms with Crippen LogP contribution in [0.1, 0.15) is 4.88 Å². The molecule has 0 aliphatic carbocycles. The molecule has 1 aliphatic rings. The molecule has 0 atom stereocenters. The lowest BCUT2D eigenvalue weighted by Gasteiger charge is -2.26. The number of ether oxygens (including phenoxy) is 1. The maximum absolute atomic E-state index is 7.61. The van der Waals surface area contributed by atoms with E-state index in [1.54, 1.807) is 34.4 Å². The monoisotopic (exact) mass is 383 g/mol. The Morgan fingerprint density at radius 3 is 3.00 bits per heavy atom. The van der Waals surface area contributed by atoms with E-state index >= 15 is 0 Å². The molecular formula is C15H21N5OS3. The standard InChI is InChI=1S/C15H21N5OS3/c1-22-14-10(8-12(24-14)13(16)17)11-9-23-15(19-11)18-2-3-20-4-6-21-7-5-20/h8-9H,2-7H2,1H3,(H3,16,17)(H,18,19). The molecule has 24 heavy (non-hydrogen) atoms. The van der Waals surface area contributed by atoms with E-state index in [9.17, 15) is 0 Å². The van der Waals surface area contributed by atoms with Crippen molar-refractivity contribution >= 4 is 45.4 Å². The third kappa shape index (κ3) is 4.28. The van der Waals surface area contributed by atoms with E-state index in [-0.39, 0.29) is 5.84 Å². The van der Waals surface area contributed by atoms with Crippen molar-refractivity contribution < 1.29 is 4.74 Å². The molecule has 0 unspecified atom stereocenters. The highest BCUT2D eigenvalue weighted by molar-refractivity contribution is 8.00. The maximum Gasteiger partial charge on any atom is 0.183 e. The lowest BCUT2D eigenvalue weighted by atomic mass is 10.2. The van der Waals surface area contributed by atoms with Crippen LogP contribution in [-0.4, -0.2) is 61.4 Å². The Labute approximate surface area is 153 Å². The van der Waals surface area contributed by atoms with Crippen molar-refractivity contribution in [2.45, 2.75) is 4.21 Å². The van der Waals surface area contributed by atoms with E-state index in [1.165, 1.54) is 0 Å². The number of thioether (sulfide) groups is 1. The van der Waals surface area contributed by atoms with Gasteiger partial charge in [-0.15, -0.1) is 34.4 Å². The first-order valence-electron chi connectivity index (χ1n) is 7.69. The van der Waals surface area contributed by atoms with Crippen LogP contribution in [0.3, 0.4) is 0 Å². The summed E-state index contributed by atoms with van der Waals surface area (Å²) in [5, 5.41) is 14.0. The predicted molar refractivity (Wildman–Crippen MR) is 104 cm³/mol. The second-order valence-corrected chi connectivity index (χ2v) is 8.33. The highest BCUT2D eigenvalue weighted by Gasteiger charge is 2.15. The molecule has 2 aromatic rings. The van der Waals surface area contributed by atoms with Crippen molar-refractivity contribution in [3.05, 3.63) is 16.3 Å². The van der Waals surface area contributed by atoms with Crippen molar-refractivity contribution in [2.75, 3.05) is 51.0 Å². The van der Waals surface area contributed by atoms with Gasteiger partial charge in [-0.1, -0.05) is 0 Å². The van der Waals surface area contributed by atoms with Gasteiger partial charge in [-0.2, -0.15) is 0 Å². The molecule has 4 N–H and O–H groups in total. The highest BCUT2D eigenvalue weighted by atomic mass is 32.2. The minimum atomic E-state index is 0.112. The topological polar surface area (TPSA) is 87.3 Å². The zero-order chi connectivity index (χ0) is 16.9. The molecule has 0 bridgehead atoms. The minimum Gasteiger partial charge on any atom is -0.383 e. The molecule has 3 rings (SSSR count). The molecule has 0 spiro atoms. The van der Waals surface area contributed by atoms with Gasteiger partial charge in [0, 0.05) is 37.1 Å². The molecule has 9 heteroatoms. The Bertz CT molecular complexity index is 693. The third-order valence-electron chi connectivity index (χ3n) is 3.74. The normalized spacial score (nSPS) is 15.5. The number of anilines is 1. The zero-order valence-electron chi connectivity index (χ0n) is 13.5. The van der Waals surface area contributed by atoms with Gasteiger partial charge in [-0.25, -0.2) is 4.98 Å². The van der Waals surface area contributed by atoms with Gasteiger partial charge < -0.3 is 15.8 Å². The molecular weight excluding hydrogens is 362 g/mol. The van der Waals surface area contributed by atoms with E-state index in [4.69, 9.17) is 20.9 Å². The summed E-state index contributed by atoms with van der Waals surface area (Å²) in [7, 11) is 0. The van der Waals surface area contributed by atoms with Gasteiger partial charge in [0.05, 0.1) is 28.0 Å². The predicted octanol–water partition coefficient (Wildman–Crippen LogP) is 2.62. The van der Waals surface area contributed by atoms with E-state index in [0.717, 1.165) is 64.9 Å². The van der Waals surface area contributed by atoms with Gasteiger partial charge >= 0.3 is 0 Å². The van der Waals surface area contributed by atoms with Gasteiger partial charge in [0.1, 0.15) is 5.84 Å². The van der Waals surface area contributed by atoms with Crippen LogP contribution in [0.4, 0.5) is 5.13 Å². The van der Waals surface area contributed by atoms with Crippen LogP contribution in [0.15, 0.2) is 15.7 Å². The van der Waals surface area contributed by atoms with Crippen molar-refractivity contribution in [1.29, 1.82) is 5.41 Å². The van der Waals surface area contributed by atoms with Gasteiger partial charge in [0.15, 0.2) is 5.13 Å². The first-order chi connectivity index (χ1) is 11.7. The van der Waals surface area contributed by atoms with Crippen LogP contribution >= 0.6 is 34.4 Å². The van der Waals surface area contributed by atoms with Crippen molar-refractivity contribution in [2.24, 2.45) is 5.73 Å². The average Bonchev–Trinajstić information content (AvgIpc) is 3.22. The number of rotatable bonds is 7. The van der Waals surface area contributed by atoms with Crippen LogP contribution in [0.2, 0.25) is 0 Å². The van der Waals surface area contributed by atoms with Crippen molar-refractivity contribution in [1.82, 2.24) is 9.88 Å². The summed E-state index contributed by atoms with van der Waals surface area (Å²) in [6.07, 6.45) is 2.03. The third-order valence-corrected chi connectivity index (χ3v) is 6.84. The van der Waals surface area contributed by atoms with Gasteiger partial charge in [-0.3, -0.25) is 10.3 Å². The van der Waals surface area contributed by atoms with E-state index in [2.05, 4.69) is 15.6 Å². The van der Waals surface area contributed by atoms with Gasteiger partial charge in [0.2, 0.25) is 0 Å². The number of aromatic nitrogens is 1. The number of nitrogens with zero attached hydrogens (tertiary/aromatic N) is 2. The Morgan fingerprint density at radius 1 is 1.50 bits per heavy atom. The van der Waals surface area contributed by atoms with Crippen LogP contribution in [0.25, 0.3) is 11.3 Å². The van der Waals surface area contributed by atoms with E-state index in [0.29, 0.717) is 0 Å². The molecule has 1 fully saturated rings. The summed E-state index contributed by atoms with van der Waals surface area (Å²) in [6.45, 7) is 5.55. The fourth-order valence-corrected chi connectivity index (χ4v) is 4.95. The molecule has 0 amide bonds. The number of nitrogens with two attached hydrogens (primary N) is 1. The molecule has 1 saturated heterocycles. The number of nitrogens with one attached hydrogen (secondary N) is 2. The van der Waals surface area contributed by atoms with Gasteiger partial charge in [-0.05, 0) is 12.3 Å². The Hall–Kier alpha value is -1.13. The van der Waals surface area contributed by atoms with Crippen LogP contribution in [0.5, 0.6) is 0 Å². The smallest absolute Gasteiger partial charge is 0.183 e. The first kappa shape index (κ1) is 17.7. The molecule has 130 valence electrons. The van der Waals surface area contributed by atoms with Crippen LogP contribution in [0, 0.1) is 5.41 Å². The summed E-state index contributed by atoms with van der Waals surface area (Å²) < 4.78 is 6.50. The van der Waals surface area contributed by atoms with Gasteiger partial charge in [0.25, 0.3) is 0 Å². The number of morpholine rings is 1. The van der Waals surface area contributed by atoms with E-state index in [1.807, 2.05) is 12.3 Å². The molecule has 0 aromatic carbocycles. The number of nitrogen functional groups attached to an aromatic ring is 1. The van der Waals surface area contributed by atoms with Crippen molar-refractivity contribution in [3.8, 4) is 11.3 Å². The minimum absolute atomic E-state index is 0.112. The summed E-state index contributed by atoms with van der Waals surface area (Å²) in [5.74, 6) is 0.112. The summed E-state index contributed by atoms with van der Waals surface area (Å²) >= 11 is 4.83. The second kappa shape index (κ2) is 8.30. The molecule has 6 nitrogen and oxygen atoms in total.